The van der Waals surface area contributed by atoms with Crippen molar-refractivity contribution < 1.29 is 18.7 Å². The summed E-state index contributed by atoms with van der Waals surface area (Å²) in [6.45, 7) is 3.24. The van der Waals surface area contributed by atoms with E-state index >= 15 is 0 Å². The first-order valence-electron chi connectivity index (χ1n) is 10.0. The Labute approximate surface area is 175 Å². The second-order valence-electron chi connectivity index (χ2n) is 7.47. The van der Waals surface area contributed by atoms with Crippen LogP contribution < -0.4 is 4.90 Å². The van der Waals surface area contributed by atoms with Gasteiger partial charge in [-0.25, -0.2) is 14.4 Å². The van der Waals surface area contributed by atoms with Crippen molar-refractivity contribution >= 4 is 17.6 Å². The summed E-state index contributed by atoms with van der Waals surface area (Å²) >= 11 is 0. The van der Waals surface area contributed by atoms with Gasteiger partial charge in [0.1, 0.15) is 17.5 Å². The van der Waals surface area contributed by atoms with Crippen molar-refractivity contribution in [3.05, 3.63) is 52.7 Å². The maximum atomic E-state index is 13.1. The summed E-state index contributed by atoms with van der Waals surface area (Å²) in [7, 11) is 3.32. The summed E-state index contributed by atoms with van der Waals surface area (Å²) in [6.07, 6.45) is 1.96. The van der Waals surface area contributed by atoms with Gasteiger partial charge < -0.3 is 9.64 Å². The van der Waals surface area contributed by atoms with Crippen molar-refractivity contribution in [1.29, 1.82) is 0 Å². The summed E-state index contributed by atoms with van der Waals surface area (Å²) < 4.78 is 18.2. The molecule has 1 aliphatic rings. The maximum absolute atomic E-state index is 13.1. The van der Waals surface area contributed by atoms with E-state index in [9.17, 15) is 14.0 Å². The molecule has 0 aliphatic carbocycles. The van der Waals surface area contributed by atoms with Gasteiger partial charge in [-0.05, 0) is 37.5 Å². The minimum atomic E-state index is -0.331. The molecular weight excluding hydrogens is 387 g/mol. The van der Waals surface area contributed by atoms with E-state index in [-0.39, 0.29) is 30.6 Å². The summed E-state index contributed by atoms with van der Waals surface area (Å²) in [5.74, 6) is 0.732. The van der Waals surface area contributed by atoms with Gasteiger partial charge >= 0.3 is 0 Å². The predicted molar refractivity (Wildman–Crippen MR) is 111 cm³/mol. The number of nitrogens with zero attached hydrogens (tertiary/aromatic N) is 4. The van der Waals surface area contributed by atoms with Gasteiger partial charge in [-0.1, -0.05) is 12.1 Å². The molecule has 0 fully saturated rings. The lowest BCUT2D eigenvalue weighted by Crippen LogP contribution is -2.38. The third-order valence-electron chi connectivity index (χ3n) is 5.19. The molecule has 0 spiro atoms. The Morgan fingerprint density at radius 2 is 1.97 bits per heavy atom. The highest BCUT2D eigenvalue weighted by atomic mass is 19.1. The fourth-order valence-corrected chi connectivity index (χ4v) is 3.52. The number of carbonyl (C=O) groups excluding carboxylic acids is 2. The van der Waals surface area contributed by atoms with Crippen LogP contribution in [0.25, 0.3) is 0 Å². The molecule has 1 aliphatic heterocycles. The Hall–Kier alpha value is -2.87. The Balaban J connectivity index is 1.74. The number of rotatable bonds is 8. The number of hydrogen-bond donors (Lipinski definition) is 0. The van der Waals surface area contributed by atoms with Crippen LogP contribution in [0.5, 0.6) is 0 Å². The van der Waals surface area contributed by atoms with Gasteiger partial charge in [0.05, 0.1) is 13.0 Å². The second-order valence-corrected chi connectivity index (χ2v) is 7.47. The van der Waals surface area contributed by atoms with Crippen LogP contribution in [0.3, 0.4) is 0 Å². The first-order valence-corrected chi connectivity index (χ1v) is 10.0. The minimum Gasteiger partial charge on any atom is -0.385 e. The fraction of sp³-hybridized carbons (Fsp3) is 0.455. The zero-order chi connectivity index (χ0) is 21.7. The molecule has 1 aromatic heterocycles. The van der Waals surface area contributed by atoms with E-state index < -0.39 is 0 Å². The molecule has 160 valence electrons. The molecule has 30 heavy (non-hydrogen) atoms. The fourth-order valence-electron chi connectivity index (χ4n) is 3.52. The Morgan fingerprint density at radius 3 is 2.67 bits per heavy atom. The average Bonchev–Trinajstić information content (AvgIpc) is 2.71. The zero-order valence-electron chi connectivity index (χ0n) is 17.7. The van der Waals surface area contributed by atoms with E-state index in [1.165, 1.54) is 12.1 Å². The van der Waals surface area contributed by atoms with Crippen molar-refractivity contribution in [3.63, 3.8) is 0 Å². The number of amides is 2. The molecule has 0 radical (unpaired) electrons. The highest BCUT2D eigenvalue weighted by molar-refractivity contribution is 5.95. The van der Waals surface area contributed by atoms with Crippen LogP contribution in [0, 0.1) is 12.7 Å². The molecule has 1 aromatic carbocycles. The largest absolute Gasteiger partial charge is 0.385 e. The van der Waals surface area contributed by atoms with Crippen molar-refractivity contribution in [2.75, 3.05) is 32.2 Å². The molecule has 0 unspecified atom stereocenters. The number of likely N-dealkylation sites (N-methyl/N-ethyl adjacent to an activating group) is 1. The smallest absolute Gasteiger partial charge is 0.228 e. The lowest BCUT2D eigenvalue weighted by Gasteiger charge is -2.29. The highest BCUT2D eigenvalue weighted by Gasteiger charge is 2.28. The number of methoxy groups -OCH3 is 1. The first kappa shape index (κ1) is 21.8. The molecule has 0 atom stereocenters. The molecule has 8 heteroatoms. The van der Waals surface area contributed by atoms with E-state index in [0.29, 0.717) is 37.6 Å². The van der Waals surface area contributed by atoms with Gasteiger partial charge in [0.25, 0.3) is 0 Å². The predicted octanol–water partition coefficient (Wildman–Crippen LogP) is 2.44. The van der Waals surface area contributed by atoms with E-state index in [1.807, 2.05) is 6.92 Å². The number of halogens is 1. The number of aryl methyl sites for hydroxylation is 1. The molecule has 3 rings (SSSR count). The van der Waals surface area contributed by atoms with Crippen LogP contribution in [0.1, 0.15) is 35.5 Å². The van der Waals surface area contributed by atoms with Crippen LogP contribution >= 0.6 is 0 Å². The zero-order valence-corrected chi connectivity index (χ0v) is 17.7. The van der Waals surface area contributed by atoms with Gasteiger partial charge in [0.2, 0.25) is 11.8 Å². The number of benzene rings is 1. The lowest BCUT2D eigenvalue weighted by atomic mass is 10.0. The molecule has 2 heterocycles. The molecule has 7 nitrogen and oxygen atoms in total. The standard InChI is InChI=1S/C22H27FN4O3/c1-15-18-9-10-20(28)27(11-4-12-30-3)22(18)25-19(24-15)14-26(2)21(29)13-16-5-7-17(23)8-6-16/h5-8H,4,9-14H2,1-3H3. The Morgan fingerprint density at radius 1 is 1.23 bits per heavy atom. The number of hydrogen-bond acceptors (Lipinski definition) is 5. The van der Waals surface area contributed by atoms with E-state index in [4.69, 9.17) is 4.74 Å². The average molecular weight is 414 g/mol. The minimum absolute atomic E-state index is 0.0448. The molecule has 2 amide bonds. The molecule has 0 N–H and O–H groups in total. The van der Waals surface area contributed by atoms with Gasteiger partial charge in [-0.15, -0.1) is 0 Å². The van der Waals surface area contributed by atoms with Crippen LogP contribution in [0.4, 0.5) is 10.2 Å². The second kappa shape index (κ2) is 9.75. The summed E-state index contributed by atoms with van der Waals surface area (Å²) in [5.41, 5.74) is 2.56. The van der Waals surface area contributed by atoms with Crippen LogP contribution in [0.2, 0.25) is 0 Å². The van der Waals surface area contributed by atoms with Gasteiger partial charge in [-0.2, -0.15) is 0 Å². The van der Waals surface area contributed by atoms with Crippen molar-refractivity contribution in [2.45, 2.75) is 39.2 Å². The topological polar surface area (TPSA) is 75.6 Å². The Kier molecular flexibility index (Phi) is 7.10. The van der Waals surface area contributed by atoms with E-state index in [1.54, 1.807) is 36.1 Å². The molecular formula is C22H27FN4O3. The Bertz CT molecular complexity index is 917. The van der Waals surface area contributed by atoms with Crippen LogP contribution in [-0.4, -0.2) is 54.0 Å². The van der Waals surface area contributed by atoms with E-state index in [0.717, 1.165) is 23.2 Å². The van der Waals surface area contributed by atoms with Crippen molar-refractivity contribution in [3.8, 4) is 0 Å². The lowest BCUT2D eigenvalue weighted by molar-refractivity contribution is -0.129. The monoisotopic (exact) mass is 414 g/mol. The van der Waals surface area contributed by atoms with E-state index in [2.05, 4.69) is 9.97 Å². The first-order chi connectivity index (χ1) is 14.4. The molecule has 2 aromatic rings. The summed E-state index contributed by atoms with van der Waals surface area (Å²) in [6, 6.07) is 5.88. The van der Waals surface area contributed by atoms with Crippen LogP contribution in [-0.2, 0) is 33.7 Å². The van der Waals surface area contributed by atoms with Crippen molar-refractivity contribution in [2.24, 2.45) is 0 Å². The SMILES string of the molecule is COCCCN1C(=O)CCc2c(C)nc(CN(C)C(=O)Cc3ccc(F)cc3)nc21. The molecule has 0 bridgehead atoms. The molecule has 0 saturated carbocycles. The molecule has 0 saturated heterocycles. The quantitative estimate of drug-likeness (QED) is 0.620. The maximum Gasteiger partial charge on any atom is 0.228 e. The third-order valence-corrected chi connectivity index (χ3v) is 5.19. The number of aromatic nitrogens is 2. The van der Waals surface area contributed by atoms with Gasteiger partial charge in [0.15, 0.2) is 0 Å². The number of fused-ring (bicyclic) bond motifs is 1. The summed E-state index contributed by atoms with van der Waals surface area (Å²) in [5, 5.41) is 0. The number of carbonyl (C=O) groups is 2. The number of anilines is 1. The third kappa shape index (κ3) is 5.18. The van der Waals surface area contributed by atoms with Gasteiger partial charge in [0, 0.05) is 45.0 Å². The van der Waals surface area contributed by atoms with Gasteiger partial charge in [-0.3, -0.25) is 14.5 Å². The normalized spacial score (nSPS) is 13.3. The van der Waals surface area contributed by atoms with Crippen molar-refractivity contribution in [1.82, 2.24) is 14.9 Å². The summed E-state index contributed by atoms with van der Waals surface area (Å²) in [4.78, 5) is 37.5. The van der Waals surface area contributed by atoms with Crippen LogP contribution in [0.15, 0.2) is 24.3 Å². The highest BCUT2D eigenvalue weighted by Crippen LogP contribution is 2.28. The number of ether oxygens (including phenoxy) is 1.